The minimum atomic E-state index is -0.115. The number of anilines is 1. The third kappa shape index (κ3) is 6.82. The highest BCUT2D eigenvalue weighted by Crippen LogP contribution is 2.49. The Morgan fingerprint density at radius 1 is 0.907 bits per heavy atom. The number of hydrogen-bond acceptors (Lipinski definition) is 4. The van der Waals surface area contributed by atoms with Gasteiger partial charge in [-0.3, -0.25) is 14.3 Å². The number of nitrogens with one attached hydrogen (secondary N) is 1. The van der Waals surface area contributed by atoms with Crippen molar-refractivity contribution < 1.29 is 9.59 Å². The van der Waals surface area contributed by atoms with Gasteiger partial charge >= 0.3 is 0 Å². The molecule has 2 amide bonds. The van der Waals surface area contributed by atoms with Gasteiger partial charge in [0.05, 0.1) is 18.3 Å². The Morgan fingerprint density at radius 2 is 1.53 bits per heavy atom. The first-order valence-electron chi connectivity index (χ1n) is 15.3. The number of likely N-dealkylation sites (tertiary alicyclic amines) is 2. The lowest BCUT2D eigenvalue weighted by atomic mass is 9.69. The van der Waals surface area contributed by atoms with Crippen LogP contribution in [0.25, 0.3) is 0 Å². The number of aromatic nitrogens is 2. The Balaban J connectivity index is 0.000000599. The van der Waals surface area contributed by atoms with Gasteiger partial charge in [-0.05, 0) is 47.1 Å². The molecular formula is C36H41N5O2. The maximum atomic E-state index is 13.5. The van der Waals surface area contributed by atoms with Crippen LogP contribution in [0.15, 0.2) is 97.3 Å². The van der Waals surface area contributed by atoms with E-state index < -0.39 is 0 Å². The molecule has 1 saturated carbocycles. The van der Waals surface area contributed by atoms with E-state index in [-0.39, 0.29) is 17.2 Å². The van der Waals surface area contributed by atoms with Gasteiger partial charge in [-0.15, -0.1) is 0 Å². The van der Waals surface area contributed by atoms with Gasteiger partial charge in [0.1, 0.15) is 0 Å². The number of carbonyl (C=O) groups is 2. The molecule has 7 heteroatoms. The molecule has 1 aromatic heterocycles. The van der Waals surface area contributed by atoms with Crippen LogP contribution in [0.2, 0.25) is 0 Å². The minimum absolute atomic E-state index is 0.00288. The van der Waals surface area contributed by atoms with Crippen LogP contribution >= 0.6 is 0 Å². The van der Waals surface area contributed by atoms with Gasteiger partial charge in [-0.25, -0.2) is 0 Å². The van der Waals surface area contributed by atoms with Gasteiger partial charge in [-0.1, -0.05) is 86.6 Å². The SMILES string of the molecule is CC1(C)CC1.O=CN1CC2(C1)CN(C(=O)c1cnn(Cc3ccccc3)c1)CC2c1ccc(NCc2ccccc2)cc1. The zero-order chi connectivity index (χ0) is 29.9. The quantitative estimate of drug-likeness (QED) is 0.260. The summed E-state index contributed by atoms with van der Waals surface area (Å²) in [5, 5.41) is 7.92. The summed E-state index contributed by atoms with van der Waals surface area (Å²) in [7, 11) is 0. The van der Waals surface area contributed by atoms with Crippen LogP contribution in [0.5, 0.6) is 0 Å². The summed E-state index contributed by atoms with van der Waals surface area (Å²) in [6.45, 7) is 8.60. The maximum Gasteiger partial charge on any atom is 0.257 e. The molecule has 43 heavy (non-hydrogen) atoms. The number of amides is 2. The Morgan fingerprint density at radius 3 is 2.14 bits per heavy atom. The molecule has 1 N–H and O–H groups in total. The van der Waals surface area contributed by atoms with Gasteiger partial charge < -0.3 is 15.1 Å². The lowest BCUT2D eigenvalue weighted by molar-refractivity contribution is -0.129. The minimum Gasteiger partial charge on any atom is -0.381 e. The van der Waals surface area contributed by atoms with Crippen molar-refractivity contribution in [3.05, 3.63) is 120 Å². The second kappa shape index (κ2) is 12.1. The van der Waals surface area contributed by atoms with E-state index in [2.05, 4.69) is 72.8 Å². The van der Waals surface area contributed by atoms with Crippen LogP contribution in [0.1, 0.15) is 59.7 Å². The van der Waals surface area contributed by atoms with E-state index in [1.54, 1.807) is 11.1 Å². The third-order valence-electron chi connectivity index (χ3n) is 9.09. The van der Waals surface area contributed by atoms with Gasteiger partial charge in [0.15, 0.2) is 0 Å². The third-order valence-corrected chi connectivity index (χ3v) is 9.09. The number of rotatable bonds is 8. The Labute approximate surface area is 254 Å². The van der Waals surface area contributed by atoms with Crippen molar-refractivity contribution in [2.45, 2.75) is 45.7 Å². The molecule has 7 rings (SSSR count). The molecule has 0 bridgehead atoms. The molecule has 2 saturated heterocycles. The fourth-order valence-corrected chi connectivity index (χ4v) is 6.14. The molecule has 3 aliphatic rings. The van der Waals surface area contributed by atoms with Crippen LogP contribution in [0, 0.1) is 10.8 Å². The molecule has 7 nitrogen and oxygen atoms in total. The van der Waals surface area contributed by atoms with Gasteiger partial charge in [0.2, 0.25) is 6.41 Å². The number of carbonyl (C=O) groups excluding carboxylic acids is 2. The first-order valence-corrected chi connectivity index (χ1v) is 15.3. The molecule has 3 aromatic carbocycles. The maximum absolute atomic E-state index is 13.5. The Kier molecular flexibility index (Phi) is 8.06. The first kappa shape index (κ1) is 28.7. The van der Waals surface area contributed by atoms with Crippen molar-refractivity contribution >= 4 is 18.0 Å². The van der Waals surface area contributed by atoms with E-state index in [4.69, 9.17) is 0 Å². The summed E-state index contributed by atoms with van der Waals surface area (Å²) in [5.74, 6) is 0.169. The van der Waals surface area contributed by atoms with Crippen molar-refractivity contribution in [2.75, 3.05) is 31.5 Å². The van der Waals surface area contributed by atoms with Crippen molar-refractivity contribution in [3.8, 4) is 0 Å². The highest BCUT2D eigenvalue weighted by atomic mass is 16.2. The van der Waals surface area contributed by atoms with Crippen LogP contribution in [0.3, 0.4) is 0 Å². The molecular weight excluding hydrogens is 534 g/mol. The summed E-state index contributed by atoms with van der Waals surface area (Å²) in [6, 6.07) is 29.0. The number of benzene rings is 3. The normalized spacial score (nSPS) is 19.3. The highest BCUT2D eigenvalue weighted by Gasteiger charge is 2.55. The summed E-state index contributed by atoms with van der Waals surface area (Å²) in [6.07, 6.45) is 7.31. The predicted octanol–water partition coefficient (Wildman–Crippen LogP) is 6.05. The molecule has 4 aromatic rings. The van der Waals surface area contributed by atoms with Crippen LogP contribution in [-0.4, -0.2) is 58.1 Å². The van der Waals surface area contributed by atoms with E-state index in [1.165, 1.54) is 24.0 Å². The summed E-state index contributed by atoms with van der Waals surface area (Å²) >= 11 is 0. The average molecular weight is 576 g/mol. The molecule has 222 valence electrons. The molecule has 1 atom stereocenters. The second-order valence-corrected chi connectivity index (χ2v) is 13.1. The average Bonchev–Trinajstić information content (AvgIpc) is 3.36. The topological polar surface area (TPSA) is 70.5 Å². The largest absolute Gasteiger partial charge is 0.381 e. The molecule has 1 aliphatic carbocycles. The van der Waals surface area contributed by atoms with E-state index in [1.807, 2.05) is 52.2 Å². The van der Waals surface area contributed by atoms with E-state index in [9.17, 15) is 9.59 Å². The first-order chi connectivity index (χ1) is 20.8. The van der Waals surface area contributed by atoms with Crippen LogP contribution in [-0.2, 0) is 17.9 Å². The van der Waals surface area contributed by atoms with E-state index in [0.717, 1.165) is 29.6 Å². The van der Waals surface area contributed by atoms with Crippen LogP contribution in [0.4, 0.5) is 5.69 Å². The zero-order valence-electron chi connectivity index (χ0n) is 25.2. The molecule has 1 spiro atoms. The molecule has 3 heterocycles. The summed E-state index contributed by atoms with van der Waals surface area (Å²) in [5.41, 5.74) is 5.87. The molecule has 3 fully saturated rings. The van der Waals surface area contributed by atoms with Crippen molar-refractivity contribution in [2.24, 2.45) is 10.8 Å². The Bertz CT molecular complexity index is 1520. The van der Waals surface area contributed by atoms with Crippen molar-refractivity contribution in [1.82, 2.24) is 19.6 Å². The number of nitrogens with zero attached hydrogens (tertiary/aromatic N) is 4. The van der Waals surface area contributed by atoms with Crippen molar-refractivity contribution in [1.29, 1.82) is 0 Å². The van der Waals surface area contributed by atoms with Crippen molar-refractivity contribution in [3.63, 3.8) is 0 Å². The molecule has 1 unspecified atom stereocenters. The lowest BCUT2D eigenvalue weighted by Gasteiger charge is -2.49. The van der Waals surface area contributed by atoms with E-state index in [0.29, 0.717) is 38.3 Å². The Hall–Kier alpha value is -4.39. The molecule has 2 aliphatic heterocycles. The standard InChI is InChI=1S/C31H31N5O2.C5H10/c37-23-34-20-31(21-34)22-35(30(38)27-16-33-36(18-27)17-25-9-5-2-6-10-25)19-29(31)26-11-13-28(14-12-26)32-15-24-7-3-1-4-8-24;1-5(2)3-4-5/h1-14,16,18,23,29,32H,15,17,19-22H2;3-4H2,1-2H3. The number of hydrogen-bond donors (Lipinski definition) is 1. The van der Waals surface area contributed by atoms with Gasteiger partial charge in [-0.2, -0.15) is 5.10 Å². The van der Waals surface area contributed by atoms with E-state index >= 15 is 0 Å². The van der Waals surface area contributed by atoms with Gasteiger partial charge in [0.25, 0.3) is 5.91 Å². The summed E-state index contributed by atoms with van der Waals surface area (Å²) < 4.78 is 1.81. The fourth-order valence-electron chi connectivity index (χ4n) is 6.14. The van der Waals surface area contributed by atoms with Crippen LogP contribution < -0.4 is 5.32 Å². The smallest absolute Gasteiger partial charge is 0.257 e. The summed E-state index contributed by atoms with van der Waals surface area (Å²) in [4.78, 5) is 28.7. The second-order valence-electron chi connectivity index (χ2n) is 13.1. The monoisotopic (exact) mass is 575 g/mol. The molecule has 0 radical (unpaired) electrons. The lowest BCUT2D eigenvalue weighted by Crippen LogP contribution is -2.59. The zero-order valence-corrected chi connectivity index (χ0v) is 25.2. The predicted molar refractivity (Wildman–Crippen MR) is 170 cm³/mol. The highest BCUT2D eigenvalue weighted by molar-refractivity contribution is 5.94. The fraction of sp³-hybridized carbons (Fsp3) is 0.361. The van der Waals surface area contributed by atoms with Gasteiger partial charge in [0, 0.05) is 55.9 Å².